The molecule has 0 atom stereocenters. The van der Waals surface area contributed by atoms with Gasteiger partial charge in [-0.2, -0.15) is 8.78 Å². The number of hydrogen-bond donors (Lipinski definition) is 0. The Kier molecular flexibility index (Phi) is 3.62. The lowest BCUT2D eigenvalue weighted by Gasteiger charge is -2.08. The Morgan fingerprint density at radius 3 is 2.12 bits per heavy atom. The van der Waals surface area contributed by atoms with E-state index in [1.54, 1.807) is 0 Å². The minimum atomic E-state index is -2.30. The van der Waals surface area contributed by atoms with Gasteiger partial charge in [0.05, 0.1) is 0 Å². The summed E-state index contributed by atoms with van der Waals surface area (Å²) in [5.41, 5.74) is -3.54. The van der Waals surface area contributed by atoms with E-state index in [1.165, 1.54) is 0 Å². The van der Waals surface area contributed by atoms with E-state index in [9.17, 15) is 26.5 Å². The molecule has 0 radical (unpaired) electrons. The number of nitrogens with zero attached hydrogens (tertiary/aromatic N) is 3. The molecule has 92 valence electrons. The highest BCUT2D eigenvalue weighted by Gasteiger charge is 2.37. The molecule has 0 aliphatic heterocycles. The molecule has 0 aliphatic rings. The molecule has 10 heteroatoms. The molecule has 0 aliphatic carbocycles. The Labute approximate surface area is 89.5 Å². The minimum absolute atomic E-state index is 1.46. The average Bonchev–Trinajstić information content (AvgIpc) is 2.26. The van der Waals surface area contributed by atoms with Gasteiger partial charge >= 0.3 is 5.69 Å². The van der Waals surface area contributed by atoms with Crippen molar-refractivity contribution in [3.8, 4) is 5.75 Å². The first-order chi connectivity index (χ1) is 7.95. The number of benzene rings is 1. The van der Waals surface area contributed by atoms with Crippen molar-refractivity contribution in [3.05, 3.63) is 22.4 Å². The topological polar surface area (TPSA) is 40.6 Å². The lowest BCUT2D eigenvalue weighted by Crippen LogP contribution is -2.07. The van der Waals surface area contributed by atoms with E-state index in [1.807, 2.05) is 0 Å². The van der Waals surface area contributed by atoms with Gasteiger partial charge in [-0.05, 0) is 5.34 Å². The third-order valence-electron chi connectivity index (χ3n) is 1.70. The van der Waals surface area contributed by atoms with Crippen LogP contribution in [0.5, 0.6) is 5.75 Å². The standard InChI is InChI=1S/C7H2F6N3O/c8-1-17-7-4(11)6(16(12)13)3(10)2(9)5(7)15-14/h1H2/q+1. The average molecular weight is 258 g/mol. The van der Waals surface area contributed by atoms with Gasteiger partial charge in [-0.15, -0.1) is 0 Å². The van der Waals surface area contributed by atoms with Crippen molar-refractivity contribution in [2.45, 2.75) is 0 Å². The summed E-state index contributed by atoms with van der Waals surface area (Å²) in [5, 5.41) is 6.20. The molecule has 0 amide bonds. The van der Waals surface area contributed by atoms with Crippen LogP contribution in [0.3, 0.4) is 0 Å². The van der Waals surface area contributed by atoms with E-state index in [4.69, 9.17) is 5.39 Å². The molecule has 4 nitrogen and oxygen atoms in total. The second-order valence-electron chi connectivity index (χ2n) is 2.55. The van der Waals surface area contributed by atoms with Crippen LogP contribution in [0, 0.1) is 22.8 Å². The summed E-state index contributed by atoms with van der Waals surface area (Å²) >= 11 is 0. The fourth-order valence-corrected chi connectivity index (χ4v) is 1.04. The highest BCUT2D eigenvalue weighted by molar-refractivity contribution is 5.66. The van der Waals surface area contributed by atoms with E-state index < -0.39 is 46.8 Å². The fourth-order valence-electron chi connectivity index (χ4n) is 1.04. The third-order valence-corrected chi connectivity index (χ3v) is 1.70. The largest absolute Gasteiger partial charge is 0.467 e. The van der Waals surface area contributed by atoms with Crippen molar-refractivity contribution in [3.63, 3.8) is 0 Å². The zero-order valence-electron chi connectivity index (χ0n) is 7.72. The number of rotatable bonds is 3. The molecule has 0 fully saturated rings. The van der Waals surface area contributed by atoms with Crippen molar-refractivity contribution in [1.82, 2.24) is 0 Å². The van der Waals surface area contributed by atoms with Gasteiger partial charge < -0.3 is 4.74 Å². The first-order valence-corrected chi connectivity index (χ1v) is 3.81. The number of diazo groups is 1. The second-order valence-corrected chi connectivity index (χ2v) is 2.55. The van der Waals surface area contributed by atoms with Crippen LogP contribution in [0.15, 0.2) is 0 Å². The lowest BCUT2D eigenvalue weighted by molar-refractivity contribution is 0.180. The minimum Gasteiger partial charge on any atom is -0.452 e. The van der Waals surface area contributed by atoms with Crippen LogP contribution in [-0.2, 0) is 0 Å². The molecule has 0 saturated heterocycles. The zero-order chi connectivity index (χ0) is 13.2. The van der Waals surface area contributed by atoms with Crippen molar-refractivity contribution >= 4 is 11.4 Å². The molecule has 1 aromatic rings. The molecule has 0 N–H and O–H groups in total. The molecule has 0 unspecified atom stereocenters. The number of halogens is 6. The fraction of sp³-hybridized carbons (Fsp3) is 0.143. The first kappa shape index (κ1) is 12.9. The van der Waals surface area contributed by atoms with Gasteiger partial charge in [-0.3, -0.25) is 0 Å². The van der Waals surface area contributed by atoms with Gasteiger partial charge in [0, 0.05) is 0 Å². The number of anilines is 1. The Balaban J connectivity index is 3.64. The van der Waals surface area contributed by atoms with Gasteiger partial charge in [0.15, 0.2) is 16.5 Å². The maximum Gasteiger partial charge on any atom is 0.467 e. The van der Waals surface area contributed by atoms with E-state index in [-0.39, 0.29) is 0 Å². The highest BCUT2D eigenvalue weighted by atomic mass is 19.4. The van der Waals surface area contributed by atoms with Crippen molar-refractivity contribution in [1.29, 1.82) is 5.39 Å². The van der Waals surface area contributed by atoms with Crippen LogP contribution in [0.4, 0.5) is 37.9 Å². The third kappa shape index (κ3) is 2.03. The SMILES string of the molecule is N#[N+]c1c(F)c(F)c(N(F)F)c(F)c1OCF. The molecular formula is C7H2F6N3O+. The summed E-state index contributed by atoms with van der Waals surface area (Å²) in [7, 11) is 0. The van der Waals surface area contributed by atoms with Crippen LogP contribution >= 0.6 is 0 Å². The van der Waals surface area contributed by atoms with Crippen LogP contribution in [-0.4, -0.2) is 6.86 Å². The highest BCUT2D eigenvalue weighted by Crippen LogP contribution is 2.42. The summed E-state index contributed by atoms with van der Waals surface area (Å²) in [6.07, 6.45) is 0. The van der Waals surface area contributed by atoms with Gasteiger partial charge in [-0.25, -0.2) is 8.78 Å². The Morgan fingerprint density at radius 1 is 1.12 bits per heavy atom. The smallest absolute Gasteiger partial charge is 0.452 e. The van der Waals surface area contributed by atoms with E-state index >= 15 is 0 Å². The van der Waals surface area contributed by atoms with Gasteiger partial charge in [-0.1, -0.05) is 8.96 Å². The van der Waals surface area contributed by atoms with Gasteiger partial charge in [0.2, 0.25) is 18.1 Å². The summed E-state index contributed by atoms with van der Waals surface area (Å²) < 4.78 is 78.9. The quantitative estimate of drug-likeness (QED) is 0.360. The summed E-state index contributed by atoms with van der Waals surface area (Å²) in [6, 6.07) is 0. The van der Waals surface area contributed by atoms with Crippen molar-refractivity contribution in [2.24, 2.45) is 0 Å². The summed E-state index contributed by atoms with van der Waals surface area (Å²) in [6.45, 7) is -1.72. The van der Waals surface area contributed by atoms with Crippen LogP contribution in [0.25, 0.3) is 4.98 Å². The summed E-state index contributed by atoms with van der Waals surface area (Å²) in [5.74, 6) is -7.97. The summed E-state index contributed by atoms with van der Waals surface area (Å²) in [4.78, 5) is 2.10. The van der Waals surface area contributed by atoms with Crippen molar-refractivity contribution < 1.29 is 31.3 Å². The van der Waals surface area contributed by atoms with Crippen LogP contribution in [0.2, 0.25) is 0 Å². The molecule has 17 heavy (non-hydrogen) atoms. The molecule has 1 rings (SSSR count). The molecule has 0 bridgehead atoms. The Hall–Kier alpha value is -2.18. The Bertz CT molecular complexity index is 486. The monoisotopic (exact) mass is 258 g/mol. The normalized spacial score (nSPS) is 9.94. The predicted molar refractivity (Wildman–Crippen MR) is 42.4 cm³/mol. The lowest BCUT2D eigenvalue weighted by atomic mass is 10.2. The van der Waals surface area contributed by atoms with E-state index in [0.29, 0.717) is 0 Å². The van der Waals surface area contributed by atoms with Crippen molar-refractivity contribution in [2.75, 3.05) is 12.2 Å². The van der Waals surface area contributed by atoms with Gasteiger partial charge in [0.1, 0.15) is 0 Å². The van der Waals surface area contributed by atoms with E-state index in [0.717, 1.165) is 0 Å². The zero-order valence-corrected chi connectivity index (χ0v) is 7.72. The molecule has 1 aromatic carbocycles. The number of alkyl halides is 1. The van der Waals surface area contributed by atoms with E-state index in [2.05, 4.69) is 9.71 Å². The number of ether oxygens (including phenoxy) is 1. The molecule has 0 saturated carbocycles. The molecule has 0 spiro atoms. The van der Waals surface area contributed by atoms with Crippen LogP contribution < -0.4 is 10.1 Å². The molecular weight excluding hydrogens is 256 g/mol. The maximum atomic E-state index is 13.2. The maximum absolute atomic E-state index is 13.2. The van der Waals surface area contributed by atoms with Gasteiger partial charge in [0.25, 0.3) is 11.6 Å². The van der Waals surface area contributed by atoms with Crippen LogP contribution in [0.1, 0.15) is 0 Å². The Morgan fingerprint density at radius 2 is 1.71 bits per heavy atom. The molecule has 0 aromatic heterocycles. The predicted octanol–water partition coefficient (Wildman–Crippen LogP) is 3.47. The second kappa shape index (κ2) is 4.77. The first-order valence-electron chi connectivity index (χ1n) is 3.81. The molecule has 0 heterocycles. The number of hydrogen-bond acceptors (Lipinski definition) is 3.